The van der Waals surface area contributed by atoms with Gasteiger partial charge in [0.1, 0.15) is 16.8 Å². The van der Waals surface area contributed by atoms with E-state index >= 15 is 0 Å². The number of halogens is 1. The molecular weight excluding hydrogens is 516 g/mol. The maximum absolute atomic E-state index is 13.6. The second kappa shape index (κ2) is 10.1. The third-order valence-electron chi connectivity index (χ3n) is 6.55. The number of aromatic nitrogens is 5. The summed E-state index contributed by atoms with van der Waals surface area (Å²) in [7, 11) is 0. The van der Waals surface area contributed by atoms with E-state index in [0.29, 0.717) is 56.5 Å². The second-order valence-electron chi connectivity index (χ2n) is 9.86. The molecule has 0 aliphatic carbocycles. The zero-order valence-corrected chi connectivity index (χ0v) is 22.5. The van der Waals surface area contributed by atoms with Gasteiger partial charge in [0.05, 0.1) is 33.9 Å². The zero-order chi connectivity index (χ0) is 27.1. The van der Waals surface area contributed by atoms with Crippen LogP contribution in [0.5, 0.6) is 11.5 Å². The molecule has 11 heteroatoms. The SMILES string of the molecule is Cc1cn2cc(NC(=O)c3ccc(N4CC(C)NC(C)C4)c4nccnc34)cc(Oc3cncc(Cl)c3)c2n1. The molecule has 2 N–H and O–H groups in total. The number of piperazine rings is 1. The molecule has 0 saturated carbocycles. The molecule has 39 heavy (non-hydrogen) atoms. The fourth-order valence-corrected chi connectivity index (χ4v) is 5.28. The first kappa shape index (κ1) is 25.0. The Hall–Kier alpha value is -4.28. The molecular formula is C28H27ClN8O2. The summed E-state index contributed by atoms with van der Waals surface area (Å²) in [5.74, 6) is 0.606. The van der Waals surface area contributed by atoms with Crippen LogP contribution in [-0.4, -0.2) is 55.4 Å². The van der Waals surface area contributed by atoms with Crippen molar-refractivity contribution in [3.63, 3.8) is 0 Å². The summed E-state index contributed by atoms with van der Waals surface area (Å²) in [4.78, 5) is 33.7. The topological polar surface area (TPSA) is 110 Å². The van der Waals surface area contributed by atoms with Crippen LogP contribution in [0, 0.1) is 6.92 Å². The standard InChI is InChI=1S/C28H27ClN8O2/c1-16-12-36(13-17(2)33-16)23-5-4-22(25-26(23)32-7-6-31-25)28(38)35-20-9-24(27-34-18(3)14-37(27)15-20)39-21-8-19(29)10-30-11-21/h4-11,14-17,33H,12-13H2,1-3H3,(H,35,38). The fourth-order valence-electron chi connectivity index (χ4n) is 5.11. The number of carbonyl (C=O) groups is 1. The number of hydrogen-bond acceptors (Lipinski definition) is 8. The normalized spacial score (nSPS) is 17.5. The van der Waals surface area contributed by atoms with Gasteiger partial charge in [0, 0.05) is 68.3 Å². The lowest BCUT2D eigenvalue weighted by Crippen LogP contribution is -2.54. The van der Waals surface area contributed by atoms with E-state index in [1.165, 1.54) is 6.20 Å². The highest BCUT2D eigenvalue weighted by atomic mass is 35.5. The molecule has 4 aromatic heterocycles. The second-order valence-corrected chi connectivity index (χ2v) is 10.3. The van der Waals surface area contributed by atoms with E-state index in [0.717, 1.165) is 24.5 Å². The van der Waals surface area contributed by atoms with Crippen molar-refractivity contribution in [1.29, 1.82) is 0 Å². The summed E-state index contributed by atoms with van der Waals surface area (Å²) in [5, 5.41) is 7.01. The predicted octanol–water partition coefficient (Wildman–Crippen LogP) is 4.87. The van der Waals surface area contributed by atoms with Gasteiger partial charge in [0.15, 0.2) is 11.4 Å². The van der Waals surface area contributed by atoms with Crippen molar-refractivity contribution in [3.05, 3.63) is 77.7 Å². The first-order valence-corrected chi connectivity index (χ1v) is 13.1. The minimum absolute atomic E-state index is 0.305. The van der Waals surface area contributed by atoms with Crippen molar-refractivity contribution in [2.75, 3.05) is 23.3 Å². The molecule has 198 valence electrons. The van der Waals surface area contributed by atoms with Gasteiger partial charge in [-0.2, -0.15) is 0 Å². The molecule has 1 aliphatic heterocycles. The number of carbonyl (C=O) groups excluding carboxylic acids is 1. The maximum Gasteiger partial charge on any atom is 0.257 e. The minimum atomic E-state index is -0.305. The predicted molar refractivity (Wildman–Crippen MR) is 151 cm³/mol. The number of aryl methyl sites for hydroxylation is 1. The highest BCUT2D eigenvalue weighted by Gasteiger charge is 2.25. The third-order valence-corrected chi connectivity index (χ3v) is 6.76. The van der Waals surface area contributed by atoms with E-state index < -0.39 is 0 Å². The molecule has 0 bridgehead atoms. The number of rotatable bonds is 5. The van der Waals surface area contributed by atoms with Crippen LogP contribution in [0.1, 0.15) is 29.9 Å². The molecule has 1 amide bonds. The number of pyridine rings is 2. The summed E-state index contributed by atoms with van der Waals surface area (Å²) >= 11 is 6.09. The van der Waals surface area contributed by atoms with Crippen LogP contribution in [0.15, 0.2) is 61.4 Å². The van der Waals surface area contributed by atoms with Crippen LogP contribution in [0.25, 0.3) is 16.7 Å². The average molecular weight is 543 g/mol. The van der Waals surface area contributed by atoms with Crippen molar-refractivity contribution >= 4 is 45.6 Å². The highest BCUT2D eigenvalue weighted by Crippen LogP contribution is 2.32. The summed E-state index contributed by atoms with van der Waals surface area (Å²) in [6, 6.07) is 7.84. The molecule has 6 rings (SSSR count). The Kier molecular flexibility index (Phi) is 6.49. The van der Waals surface area contributed by atoms with Crippen LogP contribution < -0.4 is 20.3 Å². The first-order chi connectivity index (χ1) is 18.8. The van der Waals surface area contributed by atoms with Crippen LogP contribution in [0.4, 0.5) is 11.4 Å². The highest BCUT2D eigenvalue weighted by molar-refractivity contribution is 6.30. The van der Waals surface area contributed by atoms with E-state index in [2.05, 4.69) is 49.3 Å². The van der Waals surface area contributed by atoms with Gasteiger partial charge in [-0.3, -0.25) is 19.7 Å². The lowest BCUT2D eigenvalue weighted by Gasteiger charge is -2.38. The van der Waals surface area contributed by atoms with Crippen LogP contribution in [0.3, 0.4) is 0 Å². The van der Waals surface area contributed by atoms with Crippen molar-refractivity contribution < 1.29 is 9.53 Å². The molecule has 1 aromatic carbocycles. The van der Waals surface area contributed by atoms with Crippen LogP contribution in [0.2, 0.25) is 5.02 Å². The van der Waals surface area contributed by atoms with Crippen molar-refractivity contribution in [1.82, 2.24) is 29.7 Å². The molecule has 0 spiro atoms. The summed E-state index contributed by atoms with van der Waals surface area (Å²) in [5.41, 5.74) is 4.58. The van der Waals surface area contributed by atoms with Gasteiger partial charge in [0.2, 0.25) is 0 Å². The number of imidazole rings is 1. The van der Waals surface area contributed by atoms with E-state index in [-0.39, 0.29) is 5.91 Å². The molecule has 5 aromatic rings. The van der Waals surface area contributed by atoms with Gasteiger partial charge in [-0.25, -0.2) is 4.98 Å². The Balaban J connectivity index is 1.34. The van der Waals surface area contributed by atoms with Gasteiger partial charge >= 0.3 is 0 Å². The van der Waals surface area contributed by atoms with Gasteiger partial charge in [-0.05, 0) is 32.9 Å². The number of nitrogens with one attached hydrogen (secondary N) is 2. The summed E-state index contributed by atoms with van der Waals surface area (Å²) in [6.45, 7) is 7.91. The minimum Gasteiger partial charge on any atom is -0.452 e. The number of anilines is 2. The lowest BCUT2D eigenvalue weighted by atomic mass is 10.1. The molecule has 1 saturated heterocycles. The molecule has 2 atom stereocenters. The molecule has 10 nitrogen and oxygen atoms in total. The molecule has 1 aliphatic rings. The quantitative estimate of drug-likeness (QED) is 0.324. The van der Waals surface area contributed by atoms with Crippen molar-refractivity contribution in [2.45, 2.75) is 32.9 Å². The van der Waals surface area contributed by atoms with Gasteiger partial charge < -0.3 is 24.7 Å². The van der Waals surface area contributed by atoms with Crippen LogP contribution >= 0.6 is 11.6 Å². The Bertz CT molecular complexity index is 1690. The lowest BCUT2D eigenvalue weighted by molar-refractivity contribution is 0.102. The van der Waals surface area contributed by atoms with E-state index in [4.69, 9.17) is 16.3 Å². The van der Waals surface area contributed by atoms with Gasteiger partial charge in [-0.15, -0.1) is 0 Å². The third kappa shape index (κ3) is 5.08. The Morgan fingerprint density at radius 3 is 2.62 bits per heavy atom. The van der Waals surface area contributed by atoms with E-state index in [9.17, 15) is 4.79 Å². The van der Waals surface area contributed by atoms with Crippen molar-refractivity contribution in [3.8, 4) is 11.5 Å². The first-order valence-electron chi connectivity index (χ1n) is 12.7. The number of fused-ring (bicyclic) bond motifs is 2. The largest absolute Gasteiger partial charge is 0.452 e. The number of amides is 1. The summed E-state index contributed by atoms with van der Waals surface area (Å²) < 4.78 is 7.88. The van der Waals surface area contributed by atoms with Gasteiger partial charge in [0.25, 0.3) is 5.91 Å². The Labute approximate surface area is 230 Å². The van der Waals surface area contributed by atoms with E-state index in [1.807, 2.05) is 29.7 Å². The number of benzene rings is 1. The Morgan fingerprint density at radius 1 is 1.08 bits per heavy atom. The maximum atomic E-state index is 13.6. The monoisotopic (exact) mass is 542 g/mol. The van der Waals surface area contributed by atoms with Crippen LogP contribution in [-0.2, 0) is 0 Å². The number of hydrogen-bond donors (Lipinski definition) is 2. The van der Waals surface area contributed by atoms with Gasteiger partial charge in [-0.1, -0.05) is 11.6 Å². The molecule has 2 unspecified atom stereocenters. The molecule has 5 heterocycles. The zero-order valence-electron chi connectivity index (χ0n) is 21.7. The van der Waals surface area contributed by atoms with E-state index in [1.54, 1.807) is 36.9 Å². The molecule has 1 fully saturated rings. The smallest absolute Gasteiger partial charge is 0.257 e. The average Bonchev–Trinajstić information content (AvgIpc) is 3.28. The number of nitrogens with zero attached hydrogens (tertiary/aromatic N) is 6. The summed E-state index contributed by atoms with van der Waals surface area (Å²) in [6.07, 6.45) is 10.0. The van der Waals surface area contributed by atoms with Crippen molar-refractivity contribution in [2.24, 2.45) is 0 Å². The Morgan fingerprint density at radius 2 is 1.85 bits per heavy atom. The molecule has 0 radical (unpaired) electrons. The number of ether oxygens (including phenoxy) is 1. The fraction of sp³-hybridized carbons (Fsp3) is 0.250.